The highest BCUT2D eigenvalue weighted by Crippen LogP contribution is 2.32. The van der Waals surface area contributed by atoms with Gasteiger partial charge in [-0.3, -0.25) is 4.79 Å². The number of carbonyl (C=O) groups excluding carboxylic acids is 1. The Kier molecular flexibility index (Phi) is 6.87. The Morgan fingerprint density at radius 1 is 1.17 bits per heavy atom. The number of rotatable bonds is 7. The van der Waals surface area contributed by atoms with Gasteiger partial charge in [0.2, 0.25) is 0 Å². The maximum Gasteiger partial charge on any atom is 0.192 e. The number of hydrogen-bond donors (Lipinski definition) is 0. The van der Waals surface area contributed by atoms with Crippen LogP contribution in [0.4, 0.5) is 0 Å². The topological polar surface area (TPSA) is 40.9 Å². The zero-order chi connectivity index (χ0) is 20.9. The number of nitrogens with zero attached hydrogens (tertiary/aromatic N) is 2. The van der Waals surface area contributed by atoms with Crippen LogP contribution in [-0.4, -0.2) is 22.9 Å². The normalized spacial score (nSPS) is 20.1. The molecule has 0 aliphatic carbocycles. The molecular weight excluding hydrogens is 356 g/mol. The summed E-state index contributed by atoms with van der Waals surface area (Å²) in [5.41, 5.74) is 5.40. The zero-order valence-electron chi connectivity index (χ0n) is 17.9. The monoisotopic (exact) mass is 388 g/mol. The van der Waals surface area contributed by atoms with E-state index in [9.17, 15) is 10.1 Å². The van der Waals surface area contributed by atoms with Crippen molar-refractivity contribution < 1.29 is 9.28 Å². The summed E-state index contributed by atoms with van der Waals surface area (Å²) >= 11 is 0. The maximum atomic E-state index is 13.6. The van der Waals surface area contributed by atoms with Gasteiger partial charge in [0.05, 0.1) is 24.7 Å². The van der Waals surface area contributed by atoms with Crippen molar-refractivity contribution in [3.63, 3.8) is 0 Å². The summed E-state index contributed by atoms with van der Waals surface area (Å²) in [6, 6.07) is 16.3. The van der Waals surface area contributed by atoms with Crippen molar-refractivity contribution in [1.82, 2.24) is 0 Å². The molecule has 3 heteroatoms. The molecule has 0 amide bonds. The Labute approximate surface area is 175 Å². The van der Waals surface area contributed by atoms with Crippen LogP contribution < -0.4 is 0 Å². The highest BCUT2D eigenvalue weighted by molar-refractivity contribution is 5.85. The number of benzene rings is 2. The highest BCUT2D eigenvalue weighted by atomic mass is 16.1. The number of piperidine rings is 1. The summed E-state index contributed by atoms with van der Waals surface area (Å²) in [6.07, 6.45) is 4.72. The molecule has 1 heterocycles. The Morgan fingerprint density at radius 3 is 2.52 bits per heavy atom. The van der Waals surface area contributed by atoms with Gasteiger partial charge in [0.1, 0.15) is 6.04 Å². The number of quaternary nitrogens is 1. The Balaban J connectivity index is 1.90. The largest absolute Gasteiger partial charge is 0.442 e. The average Bonchev–Trinajstić information content (AvgIpc) is 2.72. The van der Waals surface area contributed by atoms with Crippen LogP contribution in [0.3, 0.4) is 0 Å². The number of ketones is 1. The summed E-state index contributed by atoms with van der Waals surface area (Å²) in [5, 5.41) is 9.27. The molecule has 152 valence electrons. The van der Waals surface area contributed by atoms with Crippen molar-refractivity contribution in [3.05, 3.63) is 76.8 Å². The van der Waals surface area contributed by atoms with Crippen molar-refractivity contribution >= 4 is 5.78 Å². The minimum atomic E-state index is -0.0416. The highest BCUT2D eigenvalue weighted by Gasteiger charge is 2.36. The van der Waals surface area contributed by atoms with Crippen molar-refractivity contribution in [2.75, 3.05) is 6.54 Å². The van der Waals surface area contributed by atoms with Crippen LogP contribution in [0, 0.1) is 31.7 Å². The molecule has 0 spiro atoms. The predicted octanol–water partition coefficient (Wildman–Crippen LogP) is 5.43. The second-order valence-corrected chi connectivity index (χ2v) is 8.41. The number of hydrogen-bond acceptors (Lipinski definition) is 2. The smallest absolute Gasteiger partial charge is 0.192 e. The maximum absolute atomic E-state index is 13.6. The van der Waals surface area contributed by atoms with Gasteiger partial charge < -0.3 is 4.48 Å². The van der Waals surface area contributed by atoms with Gasteiger partial charge in [-0.25, -0.2) is 0 Å². The molecule has 0 aromatic heterocycles. The van der Waals surface area contributed by atoms with Crippen LogP contribution in [0.25, 0.3) is 0 Å². The van der Waals surface area contributed by atoms with Gasteiger partial charge in [-0.2, -0.15) is 5.26 Å². The van der Waals surface area contributed by atoms with Crippen LogP contribution in [0.1, 0.15) is 60.4 Å². The van der Waals surface area contributed by atoms with Crippen LogP contribution in [0.5, 0.6) is 0 Å². The molecule has 1 aliphatic rings. The first-order chi connectivity index (χ1) is 14.0. The number of nitriles is 1. The summed E-state index contributed by atoms with van der Waals surface area (Å²) in [7, 11) is 0. The first kappa shape index (κ1) is 21.3. The number of aryl methyl sites for hydroxylation is 2. The van der Waals surface area contributed by atoms with Crippen molar-refractivity contribution in [1.29, 1.82) is 5.26 Å². The third-order valence-electron chi connectivity index (χ3n) is 6.43. The van der Waals surface area contributed by atoms with E-state index in [-0.39, 0.29) is 6.04 Å². The van der Waals surface area contributed by atoms with Gasteiger partial charge in [-0.05, 0) is 49.1 Å². The van der Waals surface area contributed by atoms with Crippen molar-refractivity contribution in [2.24, 2.45) is 0 Å². The van der Waals surface area contributed by atoms with Crippen LogP contribution in [0.2, 0.25) is 0 Å². The van der Waals surface area contributed by atoms with Gasteiger partial charge >= 0.3 is 0 Å². The standard InChI is InChI=1S/C26H32N2O/c1-4-25(26(29)17-24-20(2)10-8-11-21(24)3)28(14-6-5-7-15-28)19-23-13-9-12-22(16-23)18-27/h8-14,16,25H,4-7,15,17,19H2,1-3H3. The van der Waals surface area contributed by atoms with E-state index in [4.69, 9.17) is 0 Å². The molecule has 1 saturated heterocycles. The van der Waals surface area contributed by atoms with E-state index in [1.165, 1.54) is 23.1 Å². The minimum Gasteiger partial charge on any atom is -0.442 e. The lowest BCUT2D eigenvalue weighted by molar-refractivity contribution is -0.932. The molecule has 0 N–H and O–H groups in total. The van der Waals surface area contributed by atoms with Crippen molar-refractivity contribution in [3.8, 4) is 6.07 Å². The lowest BCUT2D eigenvalue weighted by Crippen LogP contribution is -2.58. The quantitative estimate of drug-likeness (QED) is 0.469. The van der Waals surface area contributed by atoms with Gasteiger partial charge in [0.15, 0.2) is 5.78 Å². The first-order valence-corrected chi connectivity index (χ1v) is 10.8. The molecule has 2 aromatic carbocycles. The Morgan fingerprint density at radius 2 is 1.90 bits per heavy atom. The Hall–Kier alpha value is -2.44. The molecular formula is C26H32N2O. The molecule has 0 radical (unpaired) electrons. The van der Waals surface area contributed by atoms with Crippen molar-refractivity contribution in [2.45, 2.75) is 65.5 Å². The van der Waals surface area contributed by atoms with Gasteiger partial charge in [0, 0.05) is 18.4 Å². The Bertz CT molecular complexity index is 883. The van der Waals surface area contributed by atoms with E-state index in [2.05, 4.69) is 57.7 Å². The van der Waals surface area contributed by atoms with Gasteiger partial charge in [0.25, 0.3) is 0 Å². The third-order valence-corrected chi connectivity index (χ3v) is 6.43. The summed E-state index contributed by atoms with van der Waals surface area (Å²) < 4.78 is 0.717. The predicted molar refractivity (Wildman–Crippen MR) is 117 cm³/mol. The van der Waals surface area contributed by atoms with E-state index in [0.717, 1.165) is 42.4 Å². The molecule has 1 aliphatic heterocycles. The van der Waals surface area contributed by atoms with E-state index in [1.807, 2.05) is 18.2 Å². The van der Waals surface area contributed by atoms with E-state index >= 15 is 0 Å². The SMILES string of the molecule is CCC(C(=O)Cc1c(C)cccc1C)[N+]1(Cc2cccc(C#N)c2)[CH-]CCCC1. The van der Waals surface area contributed by atoms with E-state index < -0.39 is 0 Å². The molecule has 29 heavy (non-hydrogen) atoms. The molecule has 2 atom stereocenters. The summed E-state index contributed by atoms with van der Waals surface area (Å²) in [5.74, 6) is 0.333. The first-order valence-electron chi connectivity index (χ1n) is 10.8. The second-order valence-electron chi connectivity index (χ2n) is 8.41. The average molecular weight is 389 g/mol. The lowest BCUT2D eigenvalue weighted by Gasteiger charge is -2.55. The van der Waals surface area contributed by atoms with Gasteiger partial charge in [-0.1, -0.05) is 43.7 Å². The fourth-order valence-electron chi connectivity index (χ4n) is 4.90. The van der Waals surface area contributed by atoms with Crippen LogP contribution in [0.15, 0.2) is 42.5 Å². The fraction of sp³-hybridized carbons (Fsp3) is 0.423. The molecule has 1 fully saturated rings. The summed E-state index contributed by atoms with van der Waals surface area (Å²) in [4.78, 5) is 13.6. The zero-order valence-corrected chi connectivity index (χ0v) is 17.9. The molecule has 0 bridgehead atoms. The summed E-state index contributed by atoms with van der Waals surface area (Å²) in [6.45, 7) is 10.5. The minimum absolute atomic E-state index is 0.0416. The third kappa shape index (κ3) is 4.77. The lowest BCUT2D eigenvalue weighted by atomic mass is 9.91. The van der Waals surface area contributed by atoms with E-state index in [1.54, 1.807) is 0 Å². The number of Topliss-reactive ketones (excluding diaryl/α,β-unsaturated/α-hetero) is 1. The fourth-order valence-corrected chi connectivity index (χ4v) is 4.90. The molecule has 3 rings (SSSR count). The van der Waals surface area contributed by atoms with Gasteiger partial charge in [-0.15, -0.1) is 13.0 Å². The molecule has 3 nitrogen and oxygen atoms in total. The van der Waals surface area contributed by atoms with Crippen LogP contribution in [-0.2, 0) is 17.8 Å². The molecule has 2 aromatic rings. The molecule has 2 unspecified atom stereocenters. The molecule has 0 saturated carbocycles. The number of carbonyl (C=O) groups is 1. The second kappa shape index (κ2) is 9.37. The van der Waals surface area contributed by atoms with E-state index in [0.29, 0.717) is 17.8 Å². The van der Waals surface area contributed by atoms with Crippen LogP contribution >= 0.6 is 0 Å². The number of likely N-dealkylation sites (tertiary alicyclic amines) is 1.